The summed E-state index contributed by atoms with van der Waals surface area (Å²) in [4.78, 5) is 21.9. The number of amides is 1. The molecule has 6 N–H and O–H groups in total. The Morgan fingerprint density at radius 1 is 1.42 bits per heavy atom. The third-order valence-electron chi connectivity index (χ3n) is 5.13. The first kappa shape index (κ1) is 20.9. The van der Waals surface area contributed by atoms with Crippen LogP contribution in [0.2, 0.25) is 0 Å². The lowest BCUT2D eigenvalue weighted by Gasteiger charge is -2.22. The summed E-state index contributed by atoms with van der Waals surface area (Å²) in [5.41, 5.74) is 8.92. The zero-order valence-electron chi connectivity index (χ0n) is 17.2. The van der Waals surface area contributed by atoms with Gasteiger partial charge in [0.25, 0.3) is 0 Å². The number of nitrogens with one attached hydrogen (secondary N) is 3. The van der Waals surface area contributed by atoms with Crippen molar-refractivity contribution in [2.75, 3.05) is 11.1 Å². The number of ether oxygens (including phenoxy) is 1. The van der Waals surface area contributed by atoms with E-state index >= 15 is 0 Å². The van der Waals surface area contributed by atoms with E-state index in [1.165, 1.54) is 12.5 Å². The molecule has 162 valence electrons. The van der Waals surface area contributed by atoms with Gasteiger partial charge in [-0.05, 0) is 38.3 Å². The number of nitrogens with two attached hydrogens (primary N) is 1. The summed E-state index contributed by atoms with van der Waals surface area (Å²) in [5.74, 6) is 1.24. The fraction of sp³-hybridized carbons (Fsp3) is 0.333. The molecule has 9 nitrogen and oxygen atoms in total. The van der Waals surface area contributed by atoms with E-state index in [-0.39, 0.29) is 12.1 Å². The monoisotopic (exact) mass is 440 g/mol. The molecule has 1 aliphatic carbocycles. The standard InChI is InChI=1S/C21H24N6O3S/c1-10(2)30-16-7-14(23)11(8-22)5-15(16)27-19-18-13-4-3-12(26-21(28)29)6-17(13)31-20(18)25-9-24-19/h5,7-10,12,22,26H,3-4,6,23H2,1-2H3,(H,28,29)(H,24,25,27). The molecule has 0 saturated heterocycles. The fourth-order valence-electron chi connectivity index (χ4n) is 3.82. The number of aryl methyl sites for hydroxylation is 1. The minimum Gasteiger partial charge on any atom is -0.489 e. The number of rotatable bonds is 6. The highest BCUT2D eigenvalue weighted by molar-refractivity contribution is 7.19. The Bertz CT molecular complexity index is 1160. The van der Waals surface area contributed by atoms with E-state index in [4.69, 9.17) is 21.0 Å². The lowest BCUT2D eigenvalue weighted by Crippen LogP contribution is -2.37. The maximum absolute atomic E-state index is 11.0. The number of thiophene rings is 1. The maximum atomic E-state index is 11.0. The second kappa shape index (κ2) is 8.38. The van der Waals surface area contributed by atoms with Crippen molar-refractivity contribution < 1.29 is 14.6 Å². The molecule has 2 aromatic heterocycles. The summed E-state index contributed by atoms with van der Waals surface area (Å²) in [6.07, 6.45) is 3.77. The van der Waals surface area contributed by atoms with Crippen molar-refractivity contribution in [2.24, 2.45) is 0 Å². The molecule has 0 fully saturated rings. The molecule has 0 radical (unpaired) electrons. The maximum Gasteiger partial charge on any atom is 0.404 e. The Balaban J connectivity index is 1.74. The van der Waals surface area contributed by atoms with Gasteiger partial charge in [0, 0.05) is 40.9 Å². The molecule has 1 unspecified atom stereocenters. The first-order valence-corrected chi connectivity index (χ1v) is 10.8. The van der Waals surface area contributed by atoms with Gasteiger partial charge in [-0.3, -0.25) is 0 Å². The third kappa shape index (κ3) is 4.24. The number of nitrogens with zero attached hydrogens (tertiary/aromatic N) is 2. The summed E-state index contributed by atoms with van der Waals surface area (Å²) in [6.45, 7) is 3.87. The van der Waals surface area contributed by atoms with E-state index in [0.717, 1.165) is 33.5 Å². The second-order valence-electron chi connectivity index (χ2n) is 7.71. The average Bonchev–Trinajstić information content (AvgIpc) is 3.07. The van der Waals surface area contributed by atoms with Crippen molar-refractivity contribution in [3.05, 3.63) is 34.5 Å². The van der Waals surface area contributed by atoms with Crippen LogP contribution in [0.25, 0.3) is 10.2 Å². The van der Waals surface area contributed by atoms with Crippen LogP contribution in [0.4, 0.5) is 22.0 Å². The molecule has 0 aliphatic heterocycles. The Hall–Kier alpha value is -3.40. The van der Waals surface area contributed by atoms with Crippen molar-refractivity contribution >= 4 is 51.1 Å². The number of aromatic nitrogens is 2. The predicted octanol–water partition coefficient (Wildman–Crippen LogP) is 3.93. The van der Waals surface area contributed by atoms with E-state index in [1.807, 2.05) is 13.8 Å². The van der Waals surface area contributed by atoms with Crippen molar-refractivity contribution in [3.63, 3.8) is 0 Å². The van der Waals surface area contributed by atoms with Crippen LogP contribution in [-0.2, 0) is 12.8 Å². The number of nitrogen functional groups attached to an aromatic ring is 1. The van der Waals surface area contributed by atoms with E-state index in [2.05, 4.69) is 20.6 Å². The highest BCUT2D eigenvalue weighted by atomic mass is 32.1. The summed E-state index contributed by atoms with van der Waals surface area (Å²) in [6, 6.07) is 3.40. The highest BCUT2D eigenvalue weighted by Gasteiger charge is 2.26. The van der Waals surface area contributed by atoms with Gasteiger partial charge >= 0.3 is 6.09 Å². The second-order valence-corrected chi connectivity index (χ2v) is 8.79. The van der Waals surface area contributed by atoms with Crippen molar-refractivity contribution in [2.45, 2.75) is 45.3 Å². The van der Waals surface area contributed by atoms with Crippen LogP contribution in [0.5, 0.6) is 5.75 Å². The molecule has 1 atom stereocenters. The molecule has 10 heteroatoms. The van der Waals surface area contributed by atoms with Gasteiger partial charge in [0.15, 0.2) is 0 Å². The van der Waals surface area contributed by atoms with Crippen molar-refractivity contribution in [3.8, 4) is 5.75 Å². The molecule has 0 bridgehead atoms. The van der Waals surface area contributed by atoms with Crippen LogP contribution >= 0.6 is 11.3 Å². The lowest BCUT2D eigenvalue weighted by atomic mass is 9.93. The molecule has 31 heavy (non-hydrogen) atoms. The molecule has 2 heterocycles. The molecule has 1 amide bonds. The average molecular weight is 441 g/mol. The van der Waals surface area contributed by atoms with Crippen LogP contribution in [0.15, 0.2) is 18.5 Å². The molecule has 1 aromatic carbocycles. The molecular formula is C21H24N6O3S. The summed E-state index contributed by atoms with van der Waals surface area (Å²) >= 11 is 1.57. The Kier molecular flexibility index (Phi) is 5.64. The van der Waals surface area contributed by atoms with Crippen LogP contribution in [0.1, 0.15) is 36.3 Å². The van der Waals surface area contributed by atoms with E-state index in [0.29, 0.717) is 34.9 Å². The predicted molar refractivity (Wildman–Crippen MR) is 122 cm³/mol. The number of carbonyl (C=O) groups is 1. The summed E-state index contributed by atoms with van der Waals surface area (Å²) < 4.78 is 5.93. The fourth-order valence-corrected chi connectivity index (χ4v) is 5.08. The number of benzene rings is 1. The van der Waals surface area contributed by atoms with Crippen LogP contribution in [0, 0.1) is 5.41 Å². The Labute approximate surface area is 183 Å². The van der Waals surface area contributed by atoms with Crippen molar-refractivity contribution in [1.82, 2.24) is 15.3 Å². The Morgan fingerprint density at radius 2 is 2.23 bits per heavy atom. The van der Waals surface area contributed by atoms with Gasteiger partial charge in [0.05, 0.1) is 17.2 Å². The zero-order valence-corrected chi connectivity index (χ0v) is 18.0. The molecular weight excluding hydrogens is 416 g/mol. The van der Waals surface area contributed by atoms with E-state index in [9.17, 15) is 4.79 Å². The van der Waals surface area contributed by atoms with Gasteiger partial charge in [-0.2, -0.15) is 0 Å². The smallest absolute Gasteiger partial charge is 0.404 e. The van der Waals surface area contributed by atoms with E-state index < -0.39 is 6.09 Å². The van der Waals surface area contributed by atoms with Gasteiger partial charge in [0.2, 0.25) is 0 Å². The number of fused-ring (bicyclic) bond motifs is 3. The molecule has 1 aliphatic rings. The summed E-state index contributed by atoms with van der Waals surface area (Å²) in [5, 5.41) is 23.6. The minimum absolute atomic E-state index is 0.0521. The van der Waals surface area contributed by atoms with Gasteiger partial charge in [-0.15, -0.1) is 11.3 Å². The molecule has 3 aromatic rings. The van der Waals surface area contributed by atoms with E-state index in [1.54, 1.807) is 23.5 Å². The number of hydrogen-bond acceptors (Lipinski definition) is 8. The molecule has 0 saturated carbocycles. The topological polar surface area (TPSA) is 146 Å². The van der Waals surface area contributed by atoms with Gasteiger partial charge in [0.1, 0.15) is 22.7 Å². The number of carboxylic acid groups (broad SMARTS) is 1. The number of anilines is 3. The zero-order chi connectivity index (χ0) is 22.1. The molecule has 4 rings (SSSR count). The first-order chi connectivity index (χ1) is 14.9. The number of hydrogen-bond donors (Lipinski definition) is 5. The third-order valence-corrected chi connectivity index (χ3v) is 6.29. The van der Waals surface area contributed by atoms with Gasteiger partial charge < -0.3 is 31.6 Å². The normalized spacial score (nSPS) is 15.5. The SMILES string of the molecule is CC(C)Oc1cc(N)c(C=N)cc1Nc1ncnc2sc3c(c12)CCC(NC(=O)O)C3. The van der Waals surface area contributed by atoms with Crippen LogP contribution in [0.3, 0.4) is 0 Å². The van der Waals surface area contributed by atoms with Gasteiger partial charge in [-0.1, -0.05) is 0 Å². The van der Waals surface area contributed by atoms with Gasteiger partial charge in [-0.25, -0.2) is 14.8 Å². The largest absolute Gasteiger partial charge is 0.489 e. The summed E-state index contributed by atoms with van der Waals surface area (Å²) in [7, 11) is 0. The quantitative estimate of drug-likeness (QED) is 0.288. The van der Waals surface area contributed by atoms with Crippen LogP contribution < -0.4 is 21.1 Å². The van der Waals surface area contributed by atoms with Crippen molar-refractivity contribution in [1.29, 1.82) is 5.41 Å². The first-order valence-electron chi connectivity index (χ1n) is 9.98. The van der Waals surface area contributed by atoms with Crippen LogP contribution in [-0.4, -0.2) is 39.5 Å². The highest BCUT2D eigenvalue weighted by Crippen LogP contribution is 2.40. The minimum atomic E-state index is -1.00. The lowest BCUT2D eigenvalue weighted by molar-refractivity contribution is 0.188. The Morgan fingerprint density at radius 3 is 2.94 bits per heavy atom. The molecule has 0 spiro atoms.